The molecule has 1 aromatic carbocycles. The normalized spacial score (nSPS) is 10.7. The Morgan fingerprint density at radius 2 is 2.12 bits per heavy atom. The van der Waals surface area contributed by atoms with Crippen molar-refractivity contribution in [2.45, 2.75) is 6.54 Å². The van der Waals surface area contributed by atoms with Gasteiger partial charge in [-0.2, -0.15) is 5.10 Å². The average Bonchev–Trinajstić information content (AvgIpc) is 2.65. The van der Waals surface area contributed by atoms with E-state index in [-0.39, 0.29) is 0 Å². The molecule has 3 nitrogen and oxygen atoms in total. The summed E-state index contributed by atoms with van der Waals surface area (Å²) in [6.45, 7) is 0.730. The molecule has 1 aromatic heterocycles. The fraction of sp³-hybridized carbons (Fsp3) is 0.182. The van der Waals surface area contributed by atoms with E-state index in [9.17, 15) is 0 Å². The monoisotopic (exact) mass is 255 g/mol. The highest BCUT2D eigenvalue weighted by molar-refractivity contribution is 6.30. The summed E-state index contributed by atoms with van der Waals surface area (Å²) in [6.07, 6.45) is 3.38. The Morgan fingerprint density at radius 1 is 1.31 bits per heavy atom. The van der Waals surface area contributed by atoms with Crippen LogP contribution in [0.25, 0.3) is 5.69 Å². The summed E-state index contributed by atoms with van der Waals surface area (Å²) in [4.78, 5) is 0. The third-order valence-electron chi connectivity index (χ3n) is 2.21. The summed E-state index contributed by atoms with van der Waals surface area (Å²) in [5.74, 6) is 0. The summed E-state index contributed by atoms with van der Waals surface area (Å²) in [6, 6.07) is 5.69. The second kappa shape index (κ2) is 4.87. The van der Waals surface area contributed by atoms with Crippen LogP contribution in [0, 0.1) is 0 Å². The van der Waals surface area contributed by atoms with Gasteiger partial charge in [0, 0.05) is 17.8 Å². The Balaban J connectivity index is 2.47. The number of benzene rings is 1. The molecule has 0 amide bonds. The van der Waals surface area contributed by atoms with E-state index >= 15 is 0 Å². The molecule has 16 heavy (non-hydrogen) atoms. The molecule has 0 atom stereocenters. The first kappa shape index (κ1) is 11.5. The summed E-state index contributed by atoms with van der Waals surface area (Å²) in [7, 11) is 1.89. The first-order valence-electron chi connectivity index (χ1n) is 4.84. The van der Waals surface area contributed by atoms with Crippen LogP contribution >= 0.6 is 23.2 Å². The molecule has 0 saturated carbocycles. The molecular formula is C11H11Cl2N3. The quantitative estimate of drug-likeness (QED) is 0.915. The molecule has 0 aliphatic carbocycles. The van der Waals surface area contributed by atoms with Crippen molar-refractivity contribution < 1.29 is 0 Å². The lowest BCUT2D eigenvalue weighted by atomic mass is 10.2. The molecule has 1 heterocycles. The first-order chi connectivity index (χ1) is 7.70. The van der Waals surface area contributed by atoms with Gasteiger partial charge < -0.3 is 5.32 Å². The molecule has 2 rings (SSSR count). The highest BCUT2D eigenvalue weighted by atomic mass is 35.5. The molecule has 5 heteroatoms. The average molecular weight is 256 g/mol. The number of aromatic nitrogens is 2. The van der Waals surface area contributed by atoms with Crippen LogP contribution in [0.1, 0.15) is 5.56 Å². The molecule has 84 valence electrons. The summed E-state index contributed by atoms with van der Waals surface area (Å²) in [5, 5.41) is 8.60. The van der Waals surface area contributed by atoms with Gasteiger partial charge in [-0.05, 0) is 30.8 Å². The number of halogens is 2. The van der Waals surface area contributed by atoms with Gasteiger partial charge in [0.25, 0.3) is 0 Å². The van der Waals surface area contributed by atoms with Gasteiger partial charge in [0.05, 0.1) is 16.9 Å². The van der Waals surface area contributed by atoms with Gasteiger partial charge in [0.15, 0.2) is 0 Å². The predicted molar refractivity (Wildman–Crippen MR) is 66.3 cm³/mol. The maximum absolute atomic E-state index is 5.96. The molecule has 0 fully saturated rings. The lowest BCUT2D eigenvalue weighted by molar-refractivity contribution is 0.789. The molecule has 0 bridgehead atoms. The Morgan fingerprint density at radius 3 is 2.75 bits per heavy atom. The van der Waals surface area contributed by atoms with Crippen molar-refractivity contribution in [3.63, 3.8) is 0 Å². The zero-order valence-corrected chi connectivity index (χ0v) is 10.3. The molecule has 0 saturated heterocycles. The minimum atomic E-state index is 0.616. The molecule has 2 aromatic rings. The molecule has 0 unspecified atom stereocenters. The second-order valence-corrected chi connectivity index (χ2v) is 4.28. The Kier molecular flexibility index (Phi) is 3.49. The molecule has 0 aliphatic heterocycles. The van der Waals surface area contributed by atoms with Gasteiger partial charge in [0.2, 0.25) is 0 Å². The van der Waals surface area contributed by atoms with Crippen molar-refractivity contribution in [1.29, 1.82) is 0 Å². The van der Waals surface area contributed by atoms with Crippen molar-refractivity contribution in [1.82, 2.24) is 15.1 Å². The lowest BCUT2D eigenvalue weighted by Crippen LogP contribution is -2.09. The largest absolute Gasteiger partial charge is 0.316 e. The number of hydrogen-bond donors (Lipinski definition) is 1. The number of nitrogens with one attached hydrogen (secondary N) is 1. The van der Waals surface area contributed by atoms with Gasteiger partial charge in [-0.1, -0.05) is 23.2 Å². The highest BCUT2D eigenvalue weighted by Crippen LogP contribution is 2.20. The smallest absolute Gasteiger partial charge is 0.0790 e. The van der Waals surface area contributed by atoms with Crippen molar-refractivity contribution in [2.75, 3.05) is 7.05 Å². The predicted octanol–water partition coefficient (Wildman–Crippen LogP) is 2.90. The topological polar surface area (TPSA) is 29.9 Å². The highest BCUT2D eigenvalue weighted by Gasteiger charge is 2.06. The van der Waals surface area contributed by atoms with Crippen LogP contribution in [-0.4, -0.2) is 16.8 Å². The van der Waals surface area contributed by atoms with Crippen LogP contribution in [-0.2, 0) is 6.54 Å². The van der Waals surface area contributed by atoms with E-state index in [1.165, 1.54) is 0 Å². The standard InChI is InChI=1S/C11H11Cl2N3/c1-14-5-8-4-9(12)2-3-11(8)16-7-10(13)6-15-16/h2-4,6-7,14H,5H2,1H3. The van der Waals surface area contributed by atoms with Crippen LogP contribution in [0.2, 0.25) is 10.0 Å². The Labute approximate surface area is 104 Å². The molecule has 0 spiro atoms. The van der Waals surface area contributed by atoms with Gasteiger partial charge >= 0.3 is 0 Å². The summed E-state index contributed by atoms with van der Waals surface area (Å²) >= 11 is 11.8. The van der Waals surface area contributed by atoms with Gasteiger partial charge in [-0.15, -0.1) is 0 Å². The zero-order valence-electron chi connectivity index (χ0n) is 8.74. The molecule has 1 N–H and O–H groups in total. The van der Waals surface area contributed by atoms with Crippen molar-refractivity contribution in [3.05, 3.63) is 46.2 Å². The minimum absolute atomic E-state index is 0.616. The molecule has 0 aliphatic rings. The van der Waals surface area contributed by atoms with Crippen molar-refractivity contribution in [3.8, 4) is 5.69 Å². The van der Waals surface area contributed by atoms with E-state index in [0.29, 0.717) is 10.0 Å². The van der Waals surface area contributed by atoms with E-state index < -0.39 is 0 Å². The minimum Gasteiger partial charge on any atom is -0.316 e. The maximum Gasteiger partial charge on any atom is 0.0790 e. The van der Waals surface area contributed by atoms with E-state index in [4.69, 9.17) is 23.2 Å². The fourth-order valence-corrected chi connectivity index (χ4v) is 1.87. The Hall–Kier alpha value is -1.03. The third-order valence-corrected chi connectivity index (χ3v) is 2.64. The fourth-order valence-electron chi connectivity index (χ4n) is 1.54. The van der Waals surface area contributed by atoms with Gasteiger partial charge in [-0.25, -0.2) is 4.68 Å². The summed E-state index contributed by atoms with van der Waals surface area (Å²) in [5.41, 5.74) is 2.06. The van der Waals surface area contributed by atoms with E-state index in [1.807, 2.05) is 25.2 Å². The van der Waals surface area contributed by atoms with Crippen molar-refractivity contribution in [2.24, 2.45) is 0 Å². The van der Waals surface area contributed by atoms with Gasteiger partial charge in [0.1, 0.15) is 0 Å². The van der Waals surface area contributed by atoms with Crippen LogP contribution in [0.4, 0.5) is 0 Å². The van der Waals surface area contributed by atoms with E-state index in [1.54, 1.807) is 17.1 Å². The number of nitrogens with zero attached hydrogens (tertiary/aromatic N) is 2. The molecular weight excluding hydrogens is 245 g/mol. The van der Waals surface area contributed by atoms with E-state index in [0.717, 1.165) is 17.8 Å². The lowest BCUT2D eigenvalue weighted by Gasteiger charge is -2.09. The number of hydrogen-bond acceptors (Lipinski definition) is 2. The summed E-state index contributed by atoms with van der Waals surface area (Å²) < 4.78 is 1.74. The Bertz CT molecular complexity index is 494. The van der Waals surface area contributed by atoms with Crippen LogP contribution < -0.4 is 5.32 Å². The first-order valence-corrected chi connectivity index (χ1v) is 5.60. The number of rotatable bonds is 3. The maximum atomic E-state index is 5.96. The third kappa shape index (κ3) is 2.38. The van der Waals surface area contributed by atoms with Crippen molar-refractivity contribution >= 4 is 23.2 Å². The SMILES string of the molecule is CNCc1cc(Cl)ccc1-n1cc(Cl)cn1. The molecule has 0 radical (unpaired) electrons. The van der Waals surface area contributed by atoms with Crippen LogP contribution in [0.5, 0.6) is 0 Å². The second-order valence-electron chi connectivity index (χ2n) is 3.41. The zero-order chi connectivity index (χ0) is 11.5. The van der Waals surface area contributed by atoms with Crippen LogP contribution in [0.15, 0.2) is 30.6 Å². The van der Waals surface area contributed by atoms with Gasteiger partial charge in [-0.3, -0.25) is 0 Å². The van der Waals surface area contributed by atoms with Crippen LogP contribution in [0.3, 0.4) is 0 Å². The van der Waals surface area contributed by atoms with E-state index in [2.05, 4.69) is 10.4 Å².